The topological polar surface area (TPSA) is 0 Å². The van der Waals surface area contributed by atoms with Gasteiger partial charge in [0.15, 0.2) is 0 Å². The van der Waals surface area contributed by atoms with Crippen LogP contribution >= 0.6 is 7.53 Å². The summed E-state index contributed by atoms with van der Waals surface area (Å²) in [7, 11) is -0.518. The highest BCUT2D eigenvalue weighted by Gasteiger charge is 2.58. The second-order valence-corrected chi connectivity index (χ2v) is 20.3. The lowest BCUT2D eigenvalue weighted by molar-refractivity contribution is -0.0281. The van der Waals surface area contributed by atoms with Crippen molar-refractivity contribution in [2.24, 2.45) is 11.8 Å². The molecule has 54 heavy (non-hydrogen) atoms. The minimum atomic E-state index is -0.518. The van der Waals surface area contributed by atoms with Crippen LogP contribution in [0.4, 0.5) is 0 Å². The molecule has 0 nitrogen and oxygen atoms in total. The SMILES string of the molecule is Cc1cc(C)c(C(c2ccc(C34CC5CC(C3)CC(c3ccc(-p6c7ccccc7c7ccccc76)cc3)(C5)C4)cc2)c2c(C)cc(C)cc2C)c(C)c1. The molecule has 1 heterocycles. The standard InChI is InChI=1S/C53H53P/c1-33-23-35(3)49(36(4)24-33)51(50-37(5)25-34(2)26-38(50)6)41-15-17-42(18-16-41)52-28-39-27-40(29-52)31-53(30-39,32-52)43-19-21-44(22-20-43)54-47-13-9-7-11-45(47)46-12-8-10-14-48(46)54/h7-26,39-40,51H,27-32H2,1-6H3. The Hall–Kier alpha value is -4.38. The number of hydrogen-bond donors (Lipinski definition) is 0. The van der Waals surface area contributed by atoms with Crippen molar-refractivity contribution in [3.05, 3.63) is 183 Å². The fraction of sp³-hybridized carbons (Fsp3) is 0.321. The average molecular weight is 721 g/mol. The van der Waals surface area contributed by atoms with Crippen molar-refractivity contribution in [1.82, 2.24) is 0 Å². The Bertz CT molecular complexity index is 2410. The third kappa shape index (κ3) is 5.31. The van der Waals surface area contributed by atoms with Crippen molar-refractivity contribution in [1.29, 1.82) is 0 Å². The van der Waals surface area contributed by atoms with E-state index in [2.05, 4.69) is 163 Å². The van der Waals surface area contributed by atoms with E-state index >= 15 is 0 Å². The number of benzene rings is 6. The highest BCUT2D eigenvalue weighted by Crippen LogP contribution is 2.66. The van der Waals surface area contributed by atoms with Gasteiger partial charge in [-0.15, -0.1) is 0 Å². The van der Waals surface area contributed by atoms with Crippen LogP contribution in [0.5, 0.6) is 0 Å². The Balaban J connectivity index is 1.02. The van der Waals surface area contributed by atoms with Gasteiger partial charge in [0.05, 0.1) is 0 Å². The van der Waals surface area contributed by atoms with Crippen LogP contribution in [0.25, 0.3) is 26.3 Å². The maximum absolute atomic E-state index is 2.57. The molecule has 4 aliphatic carbocycles. The quantitative estimate of drug-likeness (QED) is 0.150. The first-order valence-electron chi connectivity index (χ1n) is 20.5. The molecule has 4 aliphatic rings. The summed E-state index contributed by atoms with van der Waals surface area (Å²) in [6.45, 7) is 13.8. The van der Waals surface area contributed by atoms with Crippen molar-refractivity contribution in [3.63, 3.8) is 0 Å². The second-order valence-electron chi connectivity index (χ2n) is 18.1. The lowest BCUT2D eigenvalue weighted by atomic mass is 9.41. The van der Waals surface area contributed by atoms with Gasteiger partial charge in [-0.05, 0) is 169 Å². The minimum Gasteiger partial charge on any atom is -0.0772 e. The molecule has 0 aliphatic heterocycles. The van der Waals surface area contributed by atoms with Gasteiger partial charge in [-0.25, -0.2) is 0 Å². The van der Waals surface area contributed by atoms with E-state index in [0.717, 1.165) is 11.8 Å². The number of aryl methyl sites for hydroxylation is 6. The van der Waals surface area contributed by atoms with Crippen LogP contribution in [0.15, 0.2) is 121 Å². The summed E-state index contributed by atoms with van der Waals surface area (Å²) in [6.07, 6.45) is 8.17. The zero-order chi connectivity index (χ0) is 36.9. The molecule has 0 N–H and O–H groups in total. The van der Waals surface area contributed by atoms with E-state index in [4.69, 9.17) is 0 Å². The van der Waals surface area contributed by atoms with E-state index in [-0.39, 0.29) is 16.7 Å². The predicted octanol–water partition coefficient (Wildman–Crippen LogP) is 14.8. The van der Waals surface area contributed by atoms with E-state index in [9.17, 15) is 0 Å². The van der Waals surface area contributed by atoms with E-state index in [1.807, 2.05) is 0 Å². The van der Waals surface area contributed by atoms with E-state index in [0.29, 0.717) is 0 Å². The first kappa shape index (κ1) is 34.1. The molecule has 4 bridgehead atoms. The monoisotopic (exact) mass is 720 g/mol. The van der Waals surface area contributed by atoms with Gasteiger partial charge in [-0.3, -0.25) is 0 Å². The lowest BCUT2D eigenvalue weighted by Crippen LogP contribution is -2.55. The Morgan fingerprint density at radius 1 is 0.500 bits per heavy atom. The third-order valence-corrected chi connectivity index (χ3v) is 16.8. The predicted molar refractivity (Wildman–Crippen MR) is 232 cm³/mol. The van der Waals surface area contributed by atoms with Crippen LogP contribution in [-0.2, 0) is 10.8 Å². The number of rotatable bonds is 6. The first-order chi connectivity index (χ1) is 26.1. The fourth-order valence-corrected chi connectivity index (χ4v) is 15.5. The van der Waals surface area contributed by atoms with Crippen LogP contribution in [0.2, 0.25) is 0 Å². The molecule has 270 valence electrons. The van der Waals surface area contributed by atoms with E-state index < -0.39 is 7.53 Å². The zero-order valence-corrected chi connectivity index (χ0v) is 33.9. The molecule has 0 amide bonds. The molecule has 0 spiro atoms. The maximum Gasteiger partial charge on any atom is 0.0350 e. The molecule has 7 aromatic rings. The molecule has 2 atom stereocenters. The van der Waals surface area contributed by atoms with Crippen LogP contribution in [0.3, 0.4) is 0 Å². The van der Waals surface area contributed by atoms with E-state index in [1.54, 1.807) is 11.1 Å². The molecular weight excluding hydrogens is 668 g/mol. The van der Waals surface area contributed by atoms with Gasteiger partial charge in [0, 0.05) is 16.2 Å². The fourth-order valence-electron chi connectivity index (χ4n) is 12.9. The first-order valence-corrected chi connectivity index (χ1v) is 21.8. The summed E-state index contributed by atoms with van der Waals surface area (Å²) < 4.78 is 0. The molecule has 11 rings (SSSR count). The van der Waals surface area contributed by atoms with Gasteiger partial charge in [0.1, 0.15) is 0 Å². The molecular formula is C53H53P. The molecule has 1 aromatic heterocycles. The lowest BCUT2D eigenvalue weighted by Gasteiger charge is -2.63. The van der Waals surface area contributed by atoms with Gasteiger partial charge in [0.25, 0.3) is 0 Å². The largest absolute Gasteiger partial charge is 0.0772 e. The molecule has 0 saturated heterocycles. The van der Waals surface area contributed by atoms with Gasteiger partial charge in [0.2, 0.25) is 0 Å². The van der Waals surface area contributed by atoms with Gasteiger partial charge < -0.3 is 0 Å². The van der Waals surface area contributed by atoms with Crippen LogP contribution in [-0.4, -0.2) is 0 Å². The van der Waals surface area contributed by atoms with E-state index in [1.165, 1.54) is 115 Å². The molecule has 0 radical (unpaired) electrons. The maximum atomic E-state index is 2.57. The summed E-state index contributed by atoms with van der Waals surface area (Å²) in [4.78, 5) is 0. The normalized spacial score (nSPS) is 23.2. The zero-order valence-electron chi connectivity index (χ0n) is 33.0. The summed E-state index contributed by atoms with van der Waals surface area (Å²) >= 11 is 0. The Labute approximate surface area is 323 Å². The summed E-state index contributed by atoms with van der Waals surface area (Å²) in [6, 6.07) is 48.1. The van der Waals surface area contributed by atoms with Crippen LogP contribution < -0.4 is 0 Å². The van der Waals surface area contributed by atoms with Crippen LogP contribution in [0.1, 0.15) is 106 Å². The minimum absolute atomic E-state index is 0.224. The van der Waals surface area contributed by atoms with Gasteiger partial charge in [-0.1, -0.05) is 140 Å². The van der Waals surface area contributed by atoms with Crippen molar-refractivity contribution >= 4 is 28.5 Å². The van der Waals surface area contributed by atoms with Gasteiger partial charge >= 0.3 is 0 Å². The number of fused-ring (bicyclic) bond motifs is 3. The van der Waals surface area contributed by atoms with Crippen molar-refractivity contribution in [2.75, 3.05) is 0 Å². The smallest absolute Gasteiger partial charge is 0.0350 e. The number of hydrogen-bond acceptors (Lipinski definition) is 0. The molecule has 4 saturated carbocycles. The highest BCUT2D eigenvalue weighted by atomic mass is 31.1. The summed E-state index contributed by atoms with van der Waals surface area (Å²) in [5.41, 5.74) is 16.4. The van der Waals surface area contributed by atoms with Crippen molar-refractivity contribution in [2.45, 2.75) is 96.8 Å². The Kier molecular flexibility index (Phi) is 7.95. The summed E-state index contributed by atoms with van der Waals surface area (Å²) in [5, 5.41) is 7.38. The molecule has 2 unspecified atom stereocenters. The summed E-state index contributed by atoms with van der Waals surface area (Å²) in [5.74, 6) is 1.88. The highest BCUT2D eigenvalue weighted by molar-refractivity contribution is 7.67. The van der Waals surface area contributed by atoms with Crippen LogP contribution in [0, 0.1) is 53.4 Å². The molecule has 1 heteroatoms. The molecule has 4 fully saturated rings. The Morgan fingerprint density at radius 3 is 1.35 bits per heavy atom. The second kappa shape index (κ2) is 12.6. The molecule has 6 aromatic carbocycles. The van der Waals surface area contributed by atoms with Crippen molar-refractivity contribution in [3.8, 4) is 5.30 Å². The van der Waals surface area contributed by atoms with Crippen molar-refractivity contribution < 1.29 is 0 Å². The third-order valence-electron chi connectivity index (χ3n) is 14.3. The van der Waals surface area contributed by atoms with Gasteiger partial charge in [-0.2, -0.15) is 0 Å². The Morgan fingerprint density at radius 2 is 0.907 bits per heavy atom. The average Bonchev–Trinajstić information content (AvgIpc) is 3.47.